The van der Waals surface area contributed by atoms with Crippen molar-refractivity contribution < 1.29 is 23.9 Å². The van der Waals surface area contributed by atoms with Crippen LogP contribution in [0.3, 0.4) is 0 Å². The van der Waals surface area contributed by atoms with E-state index in [-0.39, 0.29) is 29.2 Å². The highest BCUT2D eigenvalue weighted by Crippen LogP contribution is 2.36. The molecule has 6 nitrogen and oxygen atoms in total. The summed E-state index contributed by atoms with van der Waals surface area (Å²) in [5.41, 5.74) is 1.40. The molecule has 1 saturated heterocycles. The average molecular weight is 541 g/mol. The largest absolute Gasteiger partial charge is 0.481 e. The van der Waals surface area contributed by atoms with Crippen molar-refractivity contribution in [2.24, 2.45) is 0 Å². The van der Waals surface area contributed by atoms with Crippen LogP contribution in [0.25, 0.3) is 6.08 Å². The molecule has 2 aromatic carbocycles. The molecule has 29 heavy (non-hydrogen) atoms. The first kappa shape index (κ1) is 21.6. The van der Waals surface area contributed by atoms with Gasteiger partial charge in [-0.25, -0.2) is 4.79 Å². The zero-order valence-electron chi connectivity index (χ0n) is 15.2. The van der Waals surface area contributed by atoms with E-state index in [9.17, 15) is 14.4 Å². The highest BCUT2D eigenvalue weighted by molar-refractivity contribution is 9.10. The van der Waals surface area contributed by atoms with E-state index in [1.807, 2.05) is 24.3 Å². The lowest BCUT2D eigenvalue weighted by Gasteiger charge is -2.13. The molecule has 150 valence electrons. The van der Waals surface area contributed by atoms with Crippen LogP contribution in [0.1, 0.15) is 11.1 Å². The average Bonchev–Trinajstić information content (AvgIpc) is 2.96. The third-order valence-corrected chi connectivity index (χ3v) is 6.17. The summed E-state index contributed by atoms with van der Waals surface area (Å²) < 4.78 is 11.7. The molecule has 0 radical (unpaired) electrons. The Morgan fingerprint density at radius 1 is 1.17 bits per heavy atom. The summed E-state index contributed by atoms with van der Waals surface area (Å²) in [7, 11) is 1.27. The van der Waals surface area contributed by atoms with E-state index in [4.69, 9.17) is 4.74 Å². The summed E-state index contributed by atoms with van der Waals surface area (Å²) >= 11 is 7.68. The number of amides is 2. The number of thioether (sulfide) groups is 1. The van der Waals surface area contributed by atoms with E-state index in [1.165, 1.54) is 12.0 Å². The Kier molecular flexibility index (Phi) is 7.15. The third-order valence-electron chi connectivity index (χ3n) is 3.99. The molecule has 0 saturated carbocycles. The SMILES string of the molecule is COC(=O)COc1ccc(Br)cc1/C=C1\SC(=O)N(Cc2ccccc2Br)C1=O. The smallest absolute Gasteiger partial charge is 0.343 e. The molecule has 0 atom stereocenters. The van der Waals surface area contributed by atoms with Crippen LogP contribution in [0.15, 0.2) is 56.3 Å². The molecule has 1 aliphatic rings. The molecule has 9 heteroatoms. The molecular weight excluding hydrogens is 526 g/mol. The zero-order chi connectivity index (χ0) is 21.0. The summed E-state index contributed by atoms with van der Waals surface area (Å²) in [4.78, 5) is 38.1. The van der Waals surface area contributed by atoms with Crippen molar-refractivity contribution in [1.82, 2.24) is 4.90 Å². The lowest BCUT2D eigenvalue weighted by Crippen LogP contribution is -2.27. The molecule has 0 unspecified atom stereocenters. The van der Waals surface area contributed by atoms with Crippen molar-refractivity contribution in [3.63, 3.8) is 0 Å². The van der Waals surface area contributed by atoms with Crippen LogP contribution in [0.5, 0.6) is 5.75 Å². The quantitative estimate of drug-likeness (QED) is 0.379. The van der Waals surface area contributed by atoms with Crippen molar-refractivity contribution in [2.45, 2.75) is 6.54 Å². The van der Waals surface area contributed by atoms with E-state index in [0.29, 0.717) is 11.3 Å². The number of nitrogens with zero attached hydrogens (tertiary/aromatic N) is 1. The maximum absolute atomic E-state index is 12.8. The van der Waals surface area contributed by atoms with Gasteiger partial charge in [0.05, 0.1) is 18.6 Å². The molecular formula is C20H15Br2NO5S. The van der Waals surface area contributed by atoms with Gasteiger partial charge in [0, 0.05) is 14.5 Å². The van der Waals surface area contributed by atoms with E-state index in [0.717, 1.165) is 26.3 Å². The summed E-state index contributed by atoms with van der Waals surface area (Å²) in [6.45, 7) is -0.0872. The number of rotatable bonds is 6. The van der Waals surface area contributed by atoms with E-state index in [1.54, 1.807) is 24.3 Å². The molecule has 1 aliphatic heterocycles. The van der Waals surface area contributed by atoms with Crippen LogP contribution in [-0.4, -0.2) is 35.7 Å². The molecule has 0 bridgehead atoms. The van der Waals surface area contributed by atoms with Gasteiger partial charge in [0.25, 0.3) is 11.1 Å². The highest BCUT2D eigenvalue weighted by atomic mass is 79.9. The van der Waals surface area contributed by atoms with Gasteiger partial charge in [0.2, 0.25) is 0 Å². The molecule has 2 aromatic rings. The molecule has 0 spiro atoms. The van der Waals surface area contributed by atoms with Gasteiger partial charge in [-0.15, -0.1) is 0 Å². The standard InChI is InChI=1S/C20H15Br2NO5S/c1-27-18(24)11-28-16-7-6-14(21)8-13(16)9-17-19(25)23(20(26)29-17)10-12-4-2-3-5-15(12)22/h2-9H,10-11H2,1H3/b17-9-. The zero-order valence-corrected chi connectivity index (χ0v) is 19.2. The molecule has 3 rings (SSSR count). The first-order chi connectivity index (χ1) is 13.9. The maximum Gasteiger partial charge on any atom is 0.343 e. The van der Waals surface area contributed by atoms with Gasteiger partial charge in [-0.3, -0.25) is 14.5 Å². The maximum atomic E-state index is 12.8. The van der Waals surface area contributed by atoms with Crippen LogP contribution in [0, 0.1) is 0 Å². The number of methoxy groups -OCH3 is 1. The van der Waals surface area contributed by atoms with Crippen LogP contribution >= 0.6 is 43.6 Å². The molecule has 0 aliphatic carbocycles. The van der Waals surface area contributed by atoms with Crippen molar-refractivity contribution in [3.05, 3.63) is 67.4 Å². The van der Waals surface area contributed by atoms with Gasteiger partial charge in [-0.05, 0) is 47.7 Å². The highest BCUT2D eigenvalue weighted by Gasteiger charge is 2.35. The number of imide groups is 1. The van der Waals surface area contributed by atoms with Crippen molar-refractivity contribution in [2.75, 3.05) is 13.7 Å². The number of hydrogen-bond donors (Lipinski definition) is 0. The van der Waals surface area contributed by atoms with Crippen LogP contribution < -0.4 is 4.74 Å². The fourth-order valence-corrected chi connectivity index (χ4v) is 4.15. The summed E-state index contributed by atoms with van der Waals surface area (Å²) in [6.07, 6.45) is 1.59. The summed E-state index contributed by atoms with van der Waals surface area (Å²) in [5, 5.41) is -0.343. The number of benzene rings is 2. The van der Waals surface area contributed by atoms with Gasteiger partial charge < -0.3 is 9.47 Å². The minimum Gasteiger partial charge on any atom is -0.481 e. The Bertz CT molecular complexity index is 1010. The van der Waals surface area contributed by atoms with Crippen molar-refractivity contribution in [3.8, 4) is 5.75 Å². The van der Waals surface area contributed by atoms with E-state index < -0.39 is 5.97 Å². The Morgan fingerprint density at radius 2 is 1.93 bits per heavy atom. The van der Waals surface area contributed by atoms with E-state index >= 15 is 0 Å². The minimum atomic E-state index is -0.521. The topological polar surface area (TPSA) is 72.9 Å². The first-order valence-electron chi connectivity index (χ1n) is 8.37. The van der Waals surface area contributed by atoms with Crippen molar-refractivity contribution >= 4 is 66.8 Å². The molecule has 2 amide bonds. The summed E-state index contributed by atoms with van der Waals surface area (Å²) in [6, 6.07) is 12.6. The second-order valence-electron chi connectivity index (χ2n) is 5.91. The Morgan fingerprint density at radius 3 is 2.66 bits per heavy atom. The van der Waals surface area contributed by atoms with Crippen LogP contribution in [0.4, 0.5) is 4.79 Å². The molecule has 1 heterocycles. The number of esters is 1. The minimum absolute atomic E-state index is 0.174. The van der Waals surface area contributed by atoms with E-state index in [2.05, 4.69) is 36.6 Å². The van der Waals surface area contributed by atoms with Gasteiger partial charge >= 0.3 is 5.97 Å². The normalized spacial score (nSPS) is 15.1. The predicted molar refractivity (Wildman–Crippen MR) is 117 cm³/mol. The van der Waals surface area contributed by atoms with Crippen LogP contribution in [0.2, 0.25) is 0 Å². The fraction of sp³-hybridized carbons (Fsp3) is 0.150. The third kappa shape index (κ3) is 5.29. The number of carbonyl (C=O) groups is 3. The fourth-order valence-electron chi connectivity index (χ4n) is 2.53. The first-order valence-corrected chi connectivity index (χ1v) is 10.8. The van der Waals surface area contributed by atoms with Gasteiger partial charge in [-0.1, -0.05) is 50.1 Å². The Hall–Kier alpha value is -2.10. The lowest BCUT2D eigenvalue weighted by molar-refractivity contribution is -0.142. The van der Waals surface area contributed by atoms with Gasteiger partial charge in [0.15, 0.2) is 6.61 Å². The second-order valence-corrected chi connectivity index (χ2v) is 8.67. The Labute approximate surface area is 188 Å². The predicted octanol–water partition coefficient (Wildman–Crippen LogP) is 5.00. The molecule has 1 fully saturated rings. The van der Waals surface area contributed by atoms with Gasteiger partial charge in [-0.2, -0.15) is 0 Å². The lowest BCUT2D eigenvalue weighted by atomic mass is 10.1. The number of ether oxygens (including phenoxy) is 2. The second kappa shape index (κ2) is 9.60. The van der Waals surface area contributed by atoms with Crippen LogP contribution in [-0.2, 0) is 20.9 Å². The molecule has 0 N–H and O–H groups in total. The van der Waals surface area contributed by atoms with Crippen molar-refractivity contribution in [1.29, 1.82) is 0 Å². The summed E-state index contributed by atoms with van der Waals surface area (Å²) in [5.74, 6) is -0.501. The molecule has 0 aromatic heterocycles. The monoisotopic (exact) mass is 539 g/mol. The Balaban J connectivity index is 1.84. The number of carbonyl (C=O) groups excluding carboxylic acids is 3. The number of halogens is 2. The number of hydrogen-bond acceptors (Lipinski definition) is 6. The van der Waals surface area contributed by atoms with Gasteiger partial charge in [0.1, 0.15) is 5.75 Å².